The molecule has 0 amide bonds. The Morgan fingerprint density at radius 1 is 1.20 bits per heavy atom. The summed E-state index contributed by atoms with van der Waals surface area (Å²) in [7, 11) is 0. The average Bonchev–Trinajstić information content (AvgIpc) is 2.69. The van der Waals surface area contributed by atoms with E-state index in [0.29, 0.717) is 10.8 Å². The van der Waals surface area contributed by atoms with Crippen LogP contribution in [-0.2, 0) is 6.54 Å². The molecule has 2 N–H and O–H groups in total. The van der Waals surface area contributed by atoms with Crippen LogP contribution < -0.4 is 5.32 Å². The van der Waals surface area contributed by atoms with Gasteiger partial charge in [0.1, 0.15) is 0 Å². The van der Waals surface area contributed by atoms with Crippen molar-refractivity contribution in [3.63, 3.8) is 0 Å². The first-order chi connectivity index (χ1) is 9.34. The second kappa shape index (κ2) is 4.51. The number of rotatable bonds is 4. The van der Waals surface area contributed by atoms with Crippen molar-refractivity contribution in [1.82, 2.24) is 10.3 Å². The summed E-state index contributed by atoms with van der Waals surface area (Å²) < 4.78 is 0. The molecule has 2 nitrogen and oxygen atoms in total. The molecule has 1 aromatic carbocycles. The summed E-state index contributed by atoms with van der Waals surface area (Å²) in [5, 5.41) is 5.65. The highest BCUT2D eigenvalue weighted by molar-refractivity contribution is 6.31. The lowest BCUT2D eigenvalue weighted by atomic mass is 10.0. The smallest absolute Gasteiger partial charge is 0.0472 e. The van der Waals surface area contributed by atoms with Crippen molar-refractivity contribution in [3.8, 4) is 0 Å². The Morgan fingerprint density at radius 3 is 2.55 bits per heavy atom. The van der Waals surface area contributed by atoms with Gasteiger partial charge in [-0.2, -0.15) is 0 Å². The zero-order valence-corrected chi connectivity index (χ0v) is 13.4. The van der Waals surface area contributed by atoms with Gasteiger partial charge < -0.3 is 10.3 Å². The third-order valence-electron chi connectivity index (χ3n) is 5.71. The van der Waals surface area contributed by atoms with Crippen LogP contribution in [0.2, 0.25) is 5.02 Å². The number of hydrogen-bond acceptors (Lipinski definition) is 1. The lowest BCUT2D eigenvalue weighted by molar-refractivity contribution is 0.457. The van der Waals surface area contributed by atoms with Crippen LogP contribution in [0.15, 0.2) is 24.4 Å². The van der Waals surface area contributed by atoms with Gasteiger partial charge in [-0.05, 0) is 41.0 Å². The number of aromatic amines is 1. The van der Waals surface area contributed by atoms with Crippen LogP contribution in [0.5, 0.6) is 0 Å². The Balaban J connectivity index is 1.64. The number of halogens is 1. The van der Waals surface area contributed by atoms with Crippen LogP contribution >= 0.6 is 11.6 Å². The second-order valence-corrected chi connectivity index (χ2v) is 7.57. The van der Waals surface area contributed by atoms with Gasteiger partial charge in [0.05, 0.1) is 0 Å². The fourth-order valence-electron chi connectivity index (χ4n) is 3.50. The van der Waals surface area contributed by atoms with Gasteiger partial charge >= 0.3 is 0 Å². The first-order valence-corrected chi connectivity index (χ1v) is 7.68. The summed E-state index contributed by atoms with van der Waals surface area (Å²) in [6, 6.07) is 6.03. The van der Waals surface area contributed by atoms with Crippen molar-refractivity contribution >= 4 is 22.5 Å². The molecule has 2 aromatic rings. The lowest BCUT2D eigenvalue weighted by Crippen LogP contribution is -2.18. The second-order valence-electron chi connectivity index (χ2n) is 7.13. The highest BCUT2D eigenvalue weighted by Crippen LogP contribution is 2.67. The number of benzene rings is 1. The third-order valence-corrected chi connectivity index (χ3v) is 5.95. The predicted molar refractivity (Wildman–Crippen MR) is 86.1 cm³/mol. The summed E-state index contributed by atoms with van der Waals surface area (Å²) >= 11 is 6.01. The molecule has 3 rings (SSSR count). The van der Waals surface area contributed by atoms with Gasteiger partial charge in [0.2, 0.25) is 0 Å². The van der Waals surface area contributed by atoms with Gasteiger partial charge in [0, 0.05) is 28.7 Å². The van der Waals surface area contributed by atoms with E-state index in [2.05, 4.69) is 50.3 Å². The molecular weight excluding hydrogens is 268 g/mol. The van der Waals surface area contributed by atoms with Crippen LogP contribution in [0.1, 0.15) is 33.3 Å². The molecule has 1 fully saturated rings. The Labute approximate surface area is 125 Å². The van der Waals surface area contributed by atoms with Crippen molar-refractivity contribution in [2.75, 3.05) is 6.54 Å². The van der Waals surface area contributed by atoms with Crippen LogP contribution in [0.4, 0.5) is 0 Å². The topological polar surface area (TPSA) is 27.8 Å². The van der Waals surface area contributed by atoms with E-state index in [4.69, 9.17) is 11.6 Å². The van der Waals surface area contributed by atoms with E-state index >= 15 is 0 Å². The van der Waals surface area contributed by atoms with Crippen molar-refractivity contribution in [2.24, 2.45) is 16.7 Å². The summed E-state index contributed by atoms with van der Waals surface area (Å²) in [5.41, 5.74) is 3.33. The Morgan fingerprint density at radius 2 is 1.90 bits per heavy atom. The van der Waals surface area contributed by atoms with Gasteiger partial charge in [0.15, 0.2) is 0 Å². The number of hydrogen-bond donors (Lipinski definition) is 2. The summed E-state index contributed by atoms with van der Waals surface area (Å²) in [4.78, 5) is 3.29. The van der Waals surface area contributed by atoms with Crippen molar-refractivity contribution in [2.45, 2.75) is 34.2 Å². The first kappa shape index (κ1) is 14.0. The van der Waals surface area contributed by atoms with Crippen LogP contribution in [-0.4, -0.2) is 11.5 Å². The van der Waals surface area contributed by atoms with E-state index in [9.17, 15) is 0 Å². The van der Waals surface area contributed by atoms with Crippen molar-refractivity contribution in [1.29, 1.82) is 0 Å². The predicted octanol–water partition coefficient (Wildman–Crippen LogP) is 4.59. The van der Waals surface area contributed by atoms with E-state index in [1.807, 2.05) is 12.1 Å². The van der Waals surface area contributed by atoms with Gasteiger partial charge in [-0.25, -0.2) is 0 Å². The molecule has 0 spiro atoms. The summed E-state index contributed by atoms with van der Waals surface area (Å²) in [6.45, 7) is 11.5. The highest BCUT2D eigenvalue weighted by atomic mass is 35.5. The quantitative estimate of drug-likeness (QED) is 0.846. The average molecular weight is 291 g/mol. The minimum atomic E-state index is 0.452. The molecular formula is C17H23ClN2. The first-order valence-electron chi connectivity index (χ1n) is 7.30. The molecule has 1 heterocycles. The molecule has 1 aromatic heterocycles. The minimum absolute atomic E-state index is 0.452. The zero-order chi connectivity index (χ0) is 14.5. The van der Waals surface area contributed by atoms with Crippen molar-refractivity contribution in [3.05, 3.63) is 35.0 Å². The van der Waals surface area contributed by atoms with E-state index < -0.39 is 0 Å². The zero-order valence-electron chi connectivity index (χ0n) is 12.7. The lowest BCUT2D eigenvalue weighted by Gasteiger charge is -2.05. The normalized spacial score (nSPS) is 20.4. The van der Waals surface area contributed by atoms with E-state index in [1.165, 1.54) is 10.9 Å². The molecule has 0 aliphatic heterocycles. The van der Waals surface area contributed by atoms with Gasteiger partial charge in [-0.1, -0.05) is 45.4 Å². The molecule has 0 atom stereocenters. The Kier molecular flexibility index (Phi) is 3.15. The number of fused-ring (bicyclic) bond motifs is 1. The van der Waals surface area contributed by atoms with Crippen LogP contribution in [0, 0.1) is 16.7 Å². The Bertz CT molecular complexity index is 625. The number of aromatic nitrogens is 1. The molecule has 0 saturated heterocycles. The van der Waals surface area contributed by atoms with E-state index in [1.54, 1.807) is 0 Å². The fraction of sp³-hybridized carbons (Fsp3) is 0.529. The van der Waals surface area contributed by atoms with Crippen molar-refractivity contribution < 1.29 is 0 Å². The maximum Gasteiger partial charge on any atom is 0.0472 e. The molecule has 1 aliphatic rings. The molecule has 20 heavy (non-hydrogen) atoms. The fourth-order valence-corrected chi connectivity index (χ4v) is 3.67. The largest absolute Gasteiger partial charge is 0.361 e. The van der Waals surface area contributed by atoms with Gasteiger partial charge in [-0.3, -0.25) is 0 Å². The maximum absolute atomic E-state index is 6.01. The number of nitrogens with one attached hydrogen (secondary N) is 2. The standard InChI is InChI=1S/C17H23ClN2/c1-16(2)15(17(16,3)4)10-19-8-11-9-20-14-7-12(18)5-6-13(11)14/h5-7,9,15,19-20H,8,10H2,1-4H3. The molecule has 1 saturated carbocycles. The third kappa shape index (κ3) is 2.06. The molecule has 0 radical (unpaired) electrons. The maximum atomic E-state index is 6.01. The monoisotopic (exact) mass is 290 g/mol. The molecule has 0 unspecified atom stereocenters. The van der Waals surface area contributed by atoms with Gasteiger partial charge in [0.25, 0.3) is 0 Å². The molecule has 3 heteroatoms. The Hall–Kier alpha value is -0.990. The summed E-state index contributed by atoms with van der Waals surface area (Å²) in [6.07, 6.45) is 2.08. The van der Waals surface area contributed by atoms with Crippen LogP contribution in [0.3, 0.4) is 0 Å². The molecule has 108 valence electrons. The van der Waals surface area contributed by atoms with E-state index in [-0.39, 0.29) is 0 Å². The molecule has 0 bridgehead atoms. The highest BCUT2D eigenvalue weighted by Gasteiger charge is 2.63. The number of H-pyrrole nitrogens is 1. The summed E-state index contributed by atoms with van der Waals surface area (Å²) in [5.74, 6) is 0.759. The molecule has 1 aliphatic carbocycles. The van der Waals surface area contributed by atoms with Crippen LogP contribution in [0.25, 0.3) is 10.9 Å². The van der Waals surface area contributed by atoms with E-state index in [0.717, 1.165) is 29.5 Å². The minimum Gasteiger partial charge on any atom is -0.361 e. The SMILES string of the molecule is CC1(C)C(CNCc2c[nH]c3cc(Cl)ccc23)C1(C)C. The van der Waals surface area contributed by atoms with Gasteiger partial charge in [-0.15, -0.1) is 0 Å².